The zero-order valence-corrected chi connectivity index (χ0v) is 10.6. The van der Waals surface area contributed by atoms with E-state index >= 15 is 0 Å². The van der Waals surface area contributed by atoms with Gasteiger partial charge in [0.25, 0.3) is 0 Å². The first-order valence-corrected chi connectivity index (χ1v) is 6.20. The average Bonchev–Trinajstić information content (AvgIpc) is 2.89. The Balaban J connectivity index is 2.36. The van der Waals surface area contributed by atoms with Crippen molar-refractivity contribution in [1.82, 2.24) is 5.32 Å². The highest BCUT2D eigenvalue weighted by Crippen LogP contribution is 2.24. The molecule has 0 saturated heterocycles. The summed E-state index contributed by atoms with van der Waals surface area (Å²) in [6.07, 6.45) is 2.76. The lowest BCUT2D eigenvalue weighted by Crippen LogP contribution is -2.38. The van der Waals surface area contributed by atoms with Crippen LogP contribution in [0.25, 0.3) is 0 Å². The molecule has 0 amide bonds. The number of aliphatic hydroxyl groups is 2. The molecule has 1 rings (SSSR count). The summed E-state index contributed by atoms with van der Waals surface area (Å²) in [7, 11) is 0. The second-order valence-electron chi connectivity index (χ2n) is 4.53. The highest BCUT2D eigenvalue weighted by molar-refractivity contribution is 5.02. The molecule has 0 fully saturated rings. The minimum atomic E-state index is -0.630. The SMILES string of the molecule is CCC(CC)(CO)CNCC(O)c1ccco1. The summed E-state index contributed by atoms with van der Waals surface area (Å²) in [5.74, 6) is 0.570. The summed E-state index contributed by atoms with van der Waals surface area (Å²) in [5.41, 5.74) is -0.0805. The maximum Gasteiger partial charge on any atom is 0.133 e. The lowest BCUT2D eigenvalue weighted by atomic mass is 9.83. The molecule has 1 aromatic heterocycles. The molecular weight excluding hydrogens is 218 g/mol. The Hall–Kier alpha value is -0.840. The highest BCUT2D eigenvalue weighted by atomic mass is 16.4. The molecule has 0 aliphatic heterocycles. The summed E-state index contributed by atoms with van der Waals surface area (Å²) in [6, 6.07) is 3.51. The van der Waals surface area contributed by atoms with E-state index in [-0.39, 0.29) is 12.0 Å². The predicted molar refractivity (Wildman–Crippen MR) is 66.6 cm³/mol. The average molecular weight is 241 g/mol. The molecule has 0 spiro atoms. The van der Waals surface area contributed by atoms with Gasteiger partial charge in [-0.3, -0.25) is 0 Å². The molecule has 1 heterocycles. The van der Waals surface area contributed by atoms with E-state index < -0.39 is 6.10 Å². The Labute approximate surface area is 103 Å². The minimum Gasteiger partial charge on any atom is -0.467 e. The molecule has 0 aromatic carbocycles. The van der Waals surface area contributed by atoms with Crippen LogP contribution in [0.4, 0.5) is 0 Å². The van der Waals surface area contributed by atoms with Gasteiger partial charge < -0.3 is 19.9 Å². The van der Waals surface area contributed by atoms with E-state index in [4.69, 9.17) is 4.42 Å². The zero-order chi connectivity index (χ0) is 12.7. The van der Waals surface area contributed by atoms with Gasteiger partial charge in [-0.25, -0.2) is 0 Å². The van der Waals surface area contributed by atoms with E-state index in [9.17, 15) is 10.2 Å². The van der Waals surface area contributed by atoms with Crippen molar-refractivity contribution in [2.24, 2.45) is 5.41 Å². The van der Waals surface area contributed by atoms with Crippen molar-refractivity contribution in [2.75, 3.05) is 19.7 Å². The van der Waals surface area contributed by atoms with Crippen molar-refractivity contribution in [3.05, 3.63) is 24.2 Å². The fourth-order valence-corrected chi connectivity index (χ4v) is 1.84. The molecule has 0 saturated carbocycles. The van der Waals surface area contributed by atoms with Crippen LogP contribution in [0, 0.1) is 5.41 Å². The molecule has 1 unspecified atom stereocenters. The van der Waals surface area contributed by atoms with Crippen LogP contribution in [0.15, 0.2) is 22.8 Å². The Kier molecular flexibility index (Phi) is 5.68. The topological polar surface area (TPSA) is 65.6 Å². The standard InChI is InChI=1S/C13H23NO3/c1-3-13(4-2,10-15)9-14-8-11(16)12-6-5-7-17-12/h5-7,11,14-16H,3-4,8-10H2,1-2H3. The Morgan fingerprint density at radius 2 is 2.12 bits per heavy atom. The number of rotatable bonds is 8. The third-order valence-corrected chi connectivity index (χ3v) is 3.54. The zero-order valence-electron chi connectivity index (χ0n) is 10.6. The van der Waals surface area contributed by atoms with E-state index in [1.54, 1.807) is 18.4 Å². The maximum absolute atomic E-state index is 9.81. The molecule has 17 heavy (non-hydrogen) atoms. The van der Waals surface area contributed by atoms with Crippen LogP contribution in [0.1, 0.15) is 38.6 Å². The monoisotopic (exact) mass is 241 g/mol. The number of hydrogen-bond donors (Lipinski definition) is 3. The van der Waals surface area contributed by atoms with Crippen LogP contribution in [0.5, 0.6) is 0 Å². The normalized spacial score (nSPS) is 13.9. The summed E-state index contributed by atoms with van der Waals surface area (Å²) >= 11 is 0. The van der Waals surface area contributed by atoms with E-state index in [0.29, 0.717) is 18.8 Å². The van der Waals surface area contributed by atoms with E-state index in [1.165, 1.54) is 0 Å². The van der Waals surface area contributed by atoms with E-state index in [0.717, 1.165) is 12.8 Å². The van der Waals surface area contributed by atoms with Crippen LogP contribution in [0.2, 0.25) is 0 Å². The summed E-state index contributed by atoms with van der Waals surface area (Å²) < 4.78 is 5.12. The van der Waals surface area contributed by atoms with Gasteiger partial charge in [0.05, 0.1) is 6.26 Å². The van der Waals surface area contributed by atoms with Gasteiger partial charge in [-0.1, -0.05) is 13.8 Å². The fourth-order valence-electron chi connectivity index (χ4n) is 1.84. The Bertz CT molecular complexity index is 285. The van der Waals surface area contributed by atoms with Gasteiger partial charge in [-0.15, -0.1) is 0 Å². The molecule has 0 aliphatic rings. The quantitative estimate of drug-likeness (QED) is 0.648. The number of furan rings is 1. The van der Waals surface area contributed by atoms with Crippen LogP contribution < -0.4 is 5.32 Å². The van der Waals surface area contributed by atoms with E-state index in [1.807, 2.05) is 0 Å². The maximum atomic E-state index is 9.81. The number of nitrogens with one attached hydrogen (secondary N) is 1. The van der Waals surface area contributed by atoms with Crippen molar-refractivity contribution < 1.29 is 14.6 Å². The molecule has 3 N–H and O–H groups in total. The smallest absolute Gasteiger partial charge is 0.133 e. The molecule has 0 bridgehead atoms. The van der Waals surface area contributed by atoms with Crippen molar-refractivity contribution in [3.8, 4) is 0 Å². The van der Waals surface area contributed by atoms with Gasteiger partial charge in [0, 0.05) is 25.1 Å². The van der Waals surface area contributed by atoms with Gasteiger partial charge in [-0.2, -0.15) is 0 Å². The van der Waals surface area contributed by atoms with Crippen LogP contribution in [0.3, 0.4) is 0 Å². The molecule has 98 valence electrons. The van der Waals surface area contributed by atoms with Gasteiger partial charge in [0.15, 0.2) is 0 Å². The molecular formula is C13H23NO3. The van der Waals surface area contributed by atoms with Gasteiger partial charge in [-0.05, 0) is 25.0 Å². The third-order valence-electron chi connectivity index (χ3n) is 3.54. The lowest BCUT2D eigenvalue weighted by molar-refractivity contribution is 0.0996. The van der Waals surface area contributed by atoms with Crippen molar-refractivity contribution in [3.63, 3.8) is 0 Å². The van der Waals surface area contributed by atoms with Crippen molar-refractivity contribution in [2.45, 2.75) is 32.8 Å². The summed E-state index contributed by atoms with van der Waals surface area (Å²) in [6.45, 7) is 5.46. The van der Waals surface area contributed by atoms with Gasteiger partial charge >= 0.3 is 0 Å². The predicted octanol–water partition coefficient (Wildman–Crippen LogP) is 1.70. The molecule has 4 nitrogen and oxygen atoms in total. The minimum absolute atomic E-state index is 0.0805. The highest BCUT2D eigenvalue weighted by Gasteiger charge is 2.25. The van der Waals surface area contributed by atoms with Crippen LogP contribution >= 0.6 is 0 Å². The van der Waals surface area contributed by atoms with Crippen LogP contribution in [-0.4, -0.2) is 29.9 Å². The van der Waals surface area contributed by atoms with Crippen molar-refractivity contribution in [1.29, 1.82) is 0 Å². The van der Waals surface area contributed by atoms with Gasteiger partial charge in [0.2, 0.25) is 0 Å². The van der Waals surface area contributed by atoms with E-state index in [2.05, 4.69) is 19.2 Å². The lowest BCUT2D eigenvalue weighted by Gasteiger charge is -2.30. The first-order chi connectivity index (χ1) is 8.17. The van der Waals surface area contributed by atoms with Crippen LogP contribution in [-0.2, 0) is 0 Å². The first-order valence-electron chi connectivity index (χ1n) is 6.20. The number of aliphatic hydroxyl groups excluding tert-OH is 2. The molecule has 1 atom stereocenters. The van der Waals surface area contributed by atoms with Crippen molar-refractivity contribution >= 4 is 0 Å². The Morgan fingerprint density at radius 1 is 1.41 bits per heavy atom. The molecule has 0 radical (unpaired) electrons. The molecule has 1 aromatic rings. The summed E-state index contributed by atoms with van der Waals surface area (Å²) in [5, 5.41) is 22.4. The van der Waals surface area contributed by atoms with Gasteiger partial charge in [0.1, 0.15) is 11.9 Å². The fraction of sp³-hybridized carbons (Fsp3) is 0.692. The third kappa shape index (κ3) is 3.84. The summed E-state index contributed by atoms with van der Waals surface area (Å²) in [4.78, 5) is 0. The number of hydrogen-bond acceptors (Lipinski definition) is 4. The molecule has 4 heteroatoms. The largest absolute Gasteiger partial charge is 0.467 e. The first kappa shape index (κ1) is 14.2. The Morgan fingerprint density at radius 3 is 2.59 bits per heavy atom. The molecule has 0 aliphatic carbocycles. The second-order valence-corrected chi connectivity index (χ2v) is 4.53. The second kappa shape index (κ2) is 6.79.